The summed E-state index contributed by atoms with van der Waals surface area (Å²) in [4.78, 5) is 39.1. The number of anilines is 1. The Hall–Kier alpha value is -2.68. The van der Waals surface area contributed by atoms with E-state index in [1.54, 1.807) is 12.1 Å². The number of carbonyl (C=O) groups excluding carboxylic acids is 3. The normalized spacial score (nSPS) is 18.4. The Kier molecular flexibility index (Phi) is 5.90. The molecule has 2 amide bonds. The van der Waals surface area contributed by atoms with Gasteiger partial charge in [0.1, 0.15) is 0 Å². The van der Waals surface area contributed by atoms with Gasteiger partial charge in [0.2, 0.25) is 11.8 Å². The average Bonchev–Trinajstić information content (AvgIpc) is 3.54. The molecule has 2 fully saturated rings. The van der Waals surface area contributed by atoms with Crippen LogP contribution in [0.3, 0.4) is 0 Å². The molecule has 142 valence electrons. The fourth-order valence-corrected chi connectivity index (χ4v) is 3.50. The van der Waals surface area contributed by atoms with Crippen molar-refractivity contribution in [1.82, 2.24) is 4.90 Å². The number of nitriles is 1. The van der Waals surface area contributed by atoms with Gasteiger partial charge in [0, 0.05) is 30.6 Å². The molecule has 0 spiro atoms. The molecule has 27 heavy (non-hydrogen) atoms. The van der Waals surface area contributed by atoms with Crippen LogP contribution in [-0.2, 0) is 20.8 Å². The number of nitrogens with zero attached hydrogens (tertiary/aromatic N) is 2. The molecule has 6 nitrogen and oxygen atoms in total. The van der Waals surface area contributed by atoms with Crippen molar-refractivity contribution < 1.29 is 14.4 Å². The van der Waals surface area contributed by atoms with Crippen LogP contribution in [0.5, 0.6) is 0 Å². The zero-order chi connectivity index (χ0) is 19.4. The minimum absolute atomic E-state index is 0.175. The van der Waals surface area contributed by atoms with E-state index >= 15 is 0 Å². The Labute approximate surface area is 159 Å². The van der Waals surface area contributed by atoms with Crippen molar-refractivity contribution in [1.29, 1.82) is 5.26 Å². The average molecular weight is 367 g/mol. The molecule has 3 rings (SSSR count). The number of carbonyl (C=O) groups is 3. The van der Waals surface area contributed by atoms with Crippen LogP contribution in [0.25, 0.3) is 0 Å². The van der Waals surface area contributed by atoms with Gasteiger partial charge >= 0.3 is 0 Å². The van der Waals surface area contributed by atoms with Crippen molar-refractivity contribution in [3.63, 3.8) is 0 Å². The van der Waals surface area contributed by atoms with Crippen molar-refractivity contribution in [2.45, 2.75) is 39.0 Å². The molecule has 1 saturated carbocycles. The molecule has 1 aliphatic heterocycles. The van der Waals surface area contributed by atoms with E-state index in [4.69, 9.17) is 0 Å². The van der Waals surface area contributed by atoms with Crippen LogP contribution >= 0.6 is 0 Å². The van der Waals surface area contributed by atoms with E-state index in [0.29, 0.717) is 31.6 Å². The smallest absolute Gasteiger partial charge is 0.249 e. The summed E-state index contributed by atoms with van der Waals surface area (Å²) in [5.41, 5.74) is 1.73. The number of aryl methyl sites for hydroxylation is 1. The van der Waals surface area contributed by atoms with Crippen LogP contribution in [0.2, 0.25) is 0 Å². The maximum atomic E-state index is 12.7. The van der Waals surface area contributed by atoms with Crippen molar-refractivity contribution in [2.24, 2.45) is 17.8 Å². The minimum Gasteiger partial charge on any atom is -0.342 e. The molecule has 0 radical (unpaired) electrons. The second-order valence-corrected chi connectivity index (χ2v) is 7.38. The summed E-state index contributed by atoms with van der Waals surface area (Å²) in [6.45, 7) is 3.11. The molecule has 1 N–H and O–H groups in total. The highest BCUT2D eigenvalue weighted by atomic mass is 16.2. The first-order valence-corrected chi connectivity index (χ1v) is 9.65. The van der Waals surface area contributed by atoms with Gasteiger partial charge in [-0.25, -0.2) is 0 Å². The number of hydrogen-bond donors (Lipinski definition) is 1. The van der Waals surface area contributed by atoms with Crippen molar-refractivity contribution in [3.05, 3.63) is 29.8 Å². The van der Waals surface area contributed by atoms with Crippen LogP contribution in [-0.4, -0.2) is 35.6 Å². The Morgan fingerprint density at radius 1 is 1.11 bits per heavy atom. The monoisotopic (exact) mass is 367 g/mol. The molecule has 6 heteroatoms. The molecule has 1 atom stereocenters. The van der Waals surface area contributed by atoms with Gasteiger partial charge in [-0.2, -0.15) is 5.26 Å². The number of hydrogen-bond acceptors (Lipinski definition) is 4. The Morgan fingerprint density at radius 2 is 1.74 bits per heavy atom. The molecule has 1 heterocycles. The maximum Gasteiger partial charge on any atom is 0.249 e. The molecule has 0 bridgehead atoms. The highest BCUT2D eigenvalue weighted by molar-refractivity contribution is 6.10. The fraction of sp³-hybridized carbons (Fsp3) is 0.524. The Bertz CT molecular complexity index is 754. The summed E-state index contributed by atoms with van der Waals surface area (Å²) in [7, 11) is 0. The lowest BCUT2D eigenvalue weighted by Gasteiger charge is -2.32. The SMILES string of the molecule is CCc1ccc(NC(=O)[C@H](C#N)C(=O)C2CCN(C(=O)C3CC3)CC2)cc1. The molecule has 2 aliphatic rings. The first-order chi connectivity index (χ1) is 13.0. The predicted octanol–water partition coefficient (Wildman–Crippen LogP) is 2.54. The molecule has 1 saturated heterocycles. The van der Waals surface area contributed by atoms with E-state index in [9.17, 15) is 19.6 Å². The lowest BCUT2D eigenvalue weighted by molar-refractivity contribution is -0.138. The third-order valence-electron chi connectivity index (χ3n) is 5.44. The van der Waals surface area contributed by atoms with Crippen LogP contribution in [0.4, 0.5) is 5.69 Å². The van der Waals surface area contributed by atoms with Gasteiger partial charge in [-0.3, -0.25) is 14.4 Å². The molecular formula is C21H25N3O3. The highest BCUT2D eigenvalue weighted by Gasteiger charge is 2.38. The third-order valence-corrected chi connectivity index (χ3v) is 5.44. The predicted molar refractivity (Wildman–Crippen MR) is 101 cm³/mol. The van der Waals surface area contributed by atoms with Crippen LogP contribution in [0, 0.1) is 29.1 Å². The second-order valence-electron chi connectivity index (χ2n) is 7.38. The second kappa shape index (κ2) is 8.34. The number of rotatable bonds is 6. The summed E-state index contributed by atoms with van der Waals surface area (Å²) in [6.07, 6.45) is 3.87. The fourth-order valence-electron chi connectivity index (χ4n) is 3.50. The topological polar surface area (TPSA) is 90.3 Å². The van der Waals surface area contributed by atoms with Crippen molar-refractivity contribution >= 4 is 23.3 Å². The summed E-state index contributed by atoms with van der Waals surface area (Å²) in [5.74, 6) is -2.21. The zero-order valence-corrected chi connectivity index (χ0v) is 15.6. The number of amides is 2. The van der Waals surface area contributed by atoms with E-state index in [-0.39, 0.29) is 23.5 Å². The van der Waals surface area contributed by atoms with E-state index in [0.717, 1.165) is 24.8 Å². The molecule has 1 aromatic carbocycles. The van der Waals surface area contributed by atoms with Gasteiger partial charge in [-0.15, -0.1) is 0 Å². The number of benzene rings is 1. The lowest BCUT2D eigenvalue weighted by atomic mass is 9.85. The molecule has 0 unspecified atom stereocenters. The Balaban J connectivity index is 1.56. The van der Waals surface area contributed by atoms with Crippen LogP contribution in [0.1, 0.15) is 38.2 Å². The van der Waals surface area contributed by atoms with Crippen LogP contribution < -0.4 is 5.32 Å². The molecule has 0 aromatic heterocycles. The minimum atomic E-state index is -1.31. The van der Waals surface area contributed by atoms with Crippen molar-refractivity contribution in [2.75, 3.05) is 18.4 Å². The van der Waals surface area contributed by atoms with Crippen molar-refractivity contribution in [3.8, 4) is 6.07 Å². The number of Topliss-reactive ketones (excluding diaryl/α,β-unsaturated/α-hetero) is 1. The largest absolute Gasteiger partial charge is 0.342 e. The summed E-state index contributed by atoms with van der Waals surface area (Å²) >= 11 is 0. The number of ketones is 1. The quantitative estimate of drug-likeness (QED) is 0.782. The van der Waals surface area contributed by atoms with Gasteiger partial charge in [0.15, 0.2) is 11.7 Å². The lowest BCUT2D eigenvalue weighted by Crippen LogP contribution is -2.43. The van der Waals surface area contributed by atoms with E-state index < -0.39 is 11.8 Å². The first kappa shape index (κ1) is 19.1. The Morgan fingerprint density at radius 3 is 2.26 bits per heavy atom. The first-order valence-electron chi connectivity index (χ1n) is 9.65. The number of piperidine rings is 1. The van der Waals surface area contributed by atoms with Gasteiger partial charge in [-0.05, 0) is 49.8 Å². The summed E-state index contributed by atoms with van der Waals surface area (Å²) in [5, 5.41) is 12.1. The number of nitrogens with one attached hydrogen (secondary N) is 1. The van der Waals surface area contributed by atoms with Crippen LogP contribution in [0.15, 0.2) is 24.3 Å². The highest BCUT2D eigenvalue weighted by Crippen LogP contribution is 2.33. The van der Waals surface area contributed by atoms with E-state index in [1.807, 2.05) is 30.0 Å². The van der Waals surface area contributed by atoms with Gasteiger partial charge < -0.3 is 10.2 Å². The molecular weight excluding hydrogens is 342 g/mol. The van der Waals surface area contributed by atoms with E-state index in [2.05, 4.69) is 5.32 Å². The summed E-state index contributed by atoms with van der Waals surface area (Å²) < 4.78 is 0. The molecule has 1 aromatic rings. The number of likely N-dealkylation sites (tertiary alicyclic amines) is 1. The van der Waals surface area contributed by atoms with E-state index in [1.165, 1.54) is 0 Å². The molecule has 1 aliphatic carbocycles. The van der Waals surface area contributed by atoms with Gasteiger partial charge in [-0.1, -0.05) is 19.1 Å². The van der Waals surface area contributed by atoms with Gasteiger partial charge in [0.25, 0.3) is 0 Å². The standard InChI is InChI=1S/C21H25N3O3/c1-2-14-3-7-17(8-4-14)23-20(26)18(13-22)19(25)15-9-11-24(12-10-15)21(27)16-5-6-16/h3-4,7-8,15-16,18H,2,5-6,9-12H2,1H3,(H,23,26)/t18-/m1/s1. The zero-order valence-electron chi connectivity index (χ0n) is 15.6. The van der Waals surface area contributed by atoms with Gasteiger partial charge in [0.05, 0.1) is 6.07 Å². The third kappa shape index (κ3) is 4.54. The summed E-state index contributed by atoms with van der Waals surface area (Å²) in [6, 6.07) is 9.23. The maximum absolute atomic E-state index is 12.7.